The maximum Gasteiger partial charge on any atom is 0.0762 e. The fraction of sp³-hybridized carbons (Fsp3) is 0.308. The molecule has 0 radical (unpaired) electrons. The normalized spacial score (nSPS) is 12.6. The van der Waals surface area contributed by atoms with Crippen molar-refractivity contribution in [3.8, 4) is 0 Å². The van der Waals surface area contributed by atoms with Gasteiger partial charge in [-0.3, -0.25) is 4.98 Å². The van der Waals surface area contributed by atoms with Crippen LogP contribution in [0.25, 0.3) is 0 Å². The standard InChI is InChI=1S/C13H14BrClN2S/c1-2-16-12(7-10-6-9(14)8-18-10)13-11(15)4-3-5-17-13/h3-6,8,12,16H,2,7H2,1H3. The molecule has 96 valence electrons. The first kappa shape index (κ1) is 14.0. The summed E-state index contributed by atoms with van der Waals surface area (Å²) in [6.45, 7) is 2.98. The third kappa shape index (κ3) is 3.54. The third-order valence-corrected chi connectivity index (χ3v) is 4.63. The molecule has 0 saturated carbocycles. The van der Waals surface area contributed by atoms with Crippen LogP contribution >= 0.6 is 38.9 Å². The predicted octanol–water partition coefficient (Wildman–Crippen LogP) is 4.45. The van der Waals surface area contributed by atoms with Gasteiger partial charge in [-0.1, -0.05) is 18.5 Å². The number of hydrogen-bond donors (Lipinski definition) is 1. The highest BCUT2D eigenvalue weighted by molar-refractivity contribution is 9.10. The summed E-state index contributed by atoms with van der Waals surface area (Å²) in [4.78, 5) is 5.71. The van der Waals surface area contributed by atoms with Crippen molar-refractivity contribution in [1.29, 1.82) is 0 Å². The van der Waals surface area contributed by atoms with E-state index in [-0.39, 0.29) is 6.04 Å². The second-order valence-electron chi connectivity index (χ2n) is 3.92. The molecule has 0 aliphatic rings. The number of pyridine rings is 1. The Labute approximate surface area is 125 Å². The molecule has 1 N–H and O–H groups in total. The van der Waals surface area contributed by atoms with Crippen LogP contribution in [-0.2, 0) is 6.42 Å². The Bertz CT molecular complexity index is 515. The number of likely N-dealkylation sites (N-methyl/N-ethyl adjacent to an activating group) is 1. The zero-order chi connectivity index (χ0) is 13.0. The lowest BCUT2D eigenvalue weighted by Crippen LogP contribution is -2.23. The fourth-order valence-electron chi connectivity index (χ4n) is 1.83. The number of aromatic nitrogens is 1. The van der Waals surface area contributed by atoms with Crippen molar-refractivity contribution in [1.82, 2.24) is 10.3 Å². The highest BCUT2D eigenvalue weighted by atomic mass is 79.9. The molecule has 2 heterocycles. The molecular formula is C13H14BrClN2S. The van der Waals surface area contributed by atoms with E-state index in [9.17, 15) is 0 Å². The average molecular weight is 346 g/mol. The van der Waals surface area contributed by atoms with Gasteiger partial charge in [-0.15, -0.1) is 11.3 Å². The lowest BCUT2D eigenvalue weighted by atomic mass is 10.1. The lowest BCUT2D eigenvalue weighted by molar-refractivity contribution is 0.540. The Balaban J connectivity index is 2.20. The summed E-state index contributed by atoms with van der Waals surface area (Å²) in [6, 6.07) is 6.05. The summed E-state index contributed by atoms with van der Waals surface area (Å²) < 4.78 is 1.13. The Morgan fingerprint density at radius 1 is 1.56 bits per heavy atom. The zero-order valence-electron chi connectivity index (χ0n) is 9.99. The van der Waals surface area contributed by atoms with E-state index in [1.807, 2.05) is 12.1 Å². The minimum atomic E-state index is 0.161. The monoisotopic (exact) mass is 344 g/mol. The zero-order valence-corrected chi connectivity index (χ0v) is 13.1. The molecule has 0 saturated heterocycles. The highest BCUT2D eigenvalue weighted by Crippen LogP contribution is 2.27. The number of nitrogens with one attached hydrogen (secondary N) is 1. The Morgan fingerprint density at radius 2 is 2.39 bits per heavy atom. The molecule has 0 fully saturated rings. The molecule has 0 amide bonds. The van der Waals surface area contributed by atoms with Crippen molar-refractivity contribution in [2.45, 2.75) is 19.4 Å². The smallest absolute Gasteiger partial charge is 0.0762 e. The van der Waals surface area contributed by atoms with E-state index >= 15 is 0 Å². The average Bonchev–Trinajstić information content (AvgIpc) is 2.75. The van der Waals surface area contributed by atoms with Crippen molar-refractivity contribution >= 4 is 38.9 Å². The van der Waals surface area contributed by atoms with Crippen LogP contribution < -0.4 is 5.32 Å². The summed E-state index contributed by atoms with van der Waals surface area (Å²) in [5.41, 5.74) is 0.922. The van der Waals surface area contributed by atoms with Crippen LogP contribution in [0.4, 0.5) is 0 Å². The number of halogens is 2. The Hall–Kier alpha value is -0.420. The van der Waals surface area contributed by atoms with E-state index in [2.05, 4.69) is 44.6 Å². The van der Waals surface area contributed by atoms with E-state index in [0.717, 1.165) is 28.2 Å². The maximum absolute atomic E-state index is 6.22. The van der Waals surface area contributed by atoms with Crippen molar-refractivity contribution in [2.24, 2.45) is 0 Å². The van der Waals surface area contributed by atoms with Crippen LogP contribution in [0.3, 0.4) is 0 Å². The fourth-order valence-corrected chi connectivity index (χ4v) is 3.58. The largest absolute Gasteiger partial charge is 0.309 e. The summed E-state index contributed by atoms with van der Waals surface area (Å²) in [7, 11) is 0. The van der Waals surface area contributed by atoms with Gasteiger partial charge in [0.2, 0.25) is 0 Å². The van der Waals surface area contributed by atoms with Crippen molar-refractivity contribution in [3.05, 3.63) is 49.8 Å². The predicted molar refractivity (Wildman–Crippen MR) is 81.4 cm³/mol. The van der Waals surface area contributed by atoms with Crippen LogP contribution in [-0.4, -0.2) is 11.5 Å². The van der Waals surface area contributed by atoms with Gasteiger partial charge in [0.25, 0.3) is 0 Å². The SMILES string of the molecule is CCNC(Cc1cc(Br)cs1)c1ncccc1Cl. The first-order valence-electron chi connectivity index (χ1n) is 5.77. The van der Waals surface area contributed by atoms with Gasteiger partial charge in [-0.25, -0.2) is 0 Å². The quantitative estimate of drug-likeness (QED) is 0.866. The molecule has 0 bridgehead atoms. The molecular weight excluding hydrogens is 332 g/mol. The van der Waals surface area contributed by atoms with Gasteiger partial charge >= 0.3 is 0 Å². The van der Waals surface area contributed by atoms with Crippen LogP contribution in [0.2, 0.25) is 5.02 Å². The minimum Gasteiger partial charge on any atom is -0.309 e. The number of thiophene rings is 1. The molecule has 2 aromatic heterocycles. The van der Waals surface area contributed by atoms with Gasteiger partial charge in [0.05, 0.1) is 16.8 Å². The lowest BCUT2D eigenvalue weighted by Gasteiger charge is -2.17. The maximum atomic E-state index is 6.22. The van der Waals surface area contributed by atoms with Crippen LogP contribution in [0.1, 0.15) is 23.5 Å². The molecule has 1 unspecified atom stereocenters. The number of rotatable bonds is 5. The van der Waals surface area contributed by atoms with Gasteiger partial charge in [0.1, 0.15) is 0 Å². The molecule has 0 aromatic carbocycles. The van der Waals surface area contributed by atoms with E-state index in [1.54, 1.807) is 17.5 Å². The summed E-state index contributed by atoms with van der Waals surface area (Å²) in [5.74, 6) is 0. The second-order valence-corrected chi connectivity index (χ2v) is 6.23. The number of nitrogens with zero attached hydrogens (tertiary/aromatic N) is 1. The first-order valence-corrected chi connectivity index (χ1v) is 7.82. The van der Waals surface area contributed by atoms with E-state index in [0.29, 0.717) is 0 Å². The molecule has 0 aliphatic heterocycles. The molecule has 5 heteroatoms. The van der Waals surface area contributed by atoms with Crippen molar-refractivity contribution < 1.29 is 0 Å². The molecule has 0 spiro atoms. The Kier molecular flexibility index (Phi) is 5.18. The van der Waals surface area contributed by atoms with Crippen molar-refractivity contribution in [2.75, 3.05) is 6.54 Å². The highest BCUT2D eigenvalue weighted by Gasteiger charge is 2.16. The van der Waals surface area contributed by atoms with Crippen LogP contribution in [0.15, 0.2) is 34.2 Å². The van der Waals surface area contributed by atoms with Crippen LogP contribution in [0.5, 0.6) is 0 Å². The number of hydrogen-bond acceptors (Lipinski definition) is 3. The molecule has 2 nitrogen and oxygen atoms in total. The molecule has 18 heavy (non-hydrogen) atoms. The van der Waals surface area contributed by atoms with Gasteiger partial charge in [0.15, 0.2) is 0 Å². The molecule has 2 rings (SSSR count). The Morgan fingerprint density at radius 3 is 3.00 bits per heavy atom. The van der Waals surface area contributed by atoms with Gasteiger partial charge in [-0.2, -0.15) is 0 Å². The summed E-state index contributed by atoms with van der Waals surface area (Å²) in [5, 5.41) is 6.26. The van der Waals surface area contributed by atoms with Gasteiger partial charge in [0, 0.05) is 27.3 Å². The third-order valence-electron chi connectivity index (χ3n) is 2.59. The van der Waals surface area contributed by atoms with Gasteiger partial charge < -0.3 is 5.32 Å². The van der Waals surface area contributed by atoms with Gasteiger partial charge in [-0.05, 0) is 40.7 Å². The van der Waals surface area contributed by atoms with E-state index in [4.69, 9.17) is 11.6 Å². The summed E-state index contributed by atoms with van der Waals surface area (Å²) >= 11 is 11.4. The molecule has 2 aromatic rings. The topological polar surface area (TPSA) is 24.9 Å². The van der Waals surface area contributed by atoms with Crippen molar-refractivity contribution in [3.63, 3.8) is 0 Å². The minimum absolute atomic E-state index is 0.161. The van der Waals surface area contributed by atoms with E-state index in [1.165, 1.54) is 4.88 Å². The second kappa shape index (κ2) is 6.66. The first-order chi connectivity index (χ1) is 8.70. The molecule has 0 aliphatic carbocycles. The van der Waals surface area contributed by atoms with E-state index < -0.39 is 0 Å². The summed E-state index contributed by atoms with van der Waals surface area (Å²) in [6.07, 6.45) is 2.69. The molecule has 1 atom stereocenters. The van der Waals surface area contributed by atoms with Crippen LogP contribution in [0, 0.1) is 0 Å².